The second kappa shape index (κ2) is 11.7. The van der Waals surface area contributed by atoms with Gasteiger partial charge in [-0.3, -0.25) is 14.4 Å². The van der Waals surface area contributed by atoms with Gasteiger partial charge < -0.3 is 15.4 Å². The van der Waals surface area contributed by atoms with Crippen LogP contribution in [-0.4, -0.2) is 30.6 Å². The zero-order valence-corrected chi connectivity index (χ0v) is 18.4. The molecule has 1 atom stereocenters. The number of hydrogen-bond donors (Lipinski definition) is 2. The fourth-order valence-electron chi connectivity index (χ4n) is 3.01. The summed E-state index contributed by atoms with van der Waals surface area (Å²) < 4.78 is 5.15. The van der Waals surface area contributed by atoms with Crippen LogP contribution in [0.3, 0.4) is 0 Å². The van der Waals surface area contributed by atoms with E-state index in [4.69, 9.17) is 4.74 Å². The number of anilines is 1. The molecule has 164 valence electrons. The molecule has 0 bridgehead atoms. The van der Waals surface area contributed by atoms with Gasteiger partial charge in [-0.25, -0.2) is 0 Å². The quantitative estimate of drug-likeness (QED) is 0.373. The molecule has 0 spiro atoms. The fourth-order valence-corrected chi connectivity index (χ4v) is 3.42. The van der Waals surface area contributed by atoms with Crippen LogP contribution in [0.15, 0.2) is 89.8 Å². The Morgan fingerprint density at radius 2 is 1.50 bits per heavy atom. The molecule has 6 nitrogen and oxygen atoms in total. The van der Waals surface area contributed by atoms with E-state index in [2.05, 4.69) is 10.6 Å². The predicted molar refractivity (Wildman–Crippen MR) is 126 cm³/mol. The van der Waals surface area contributed by atoms with Gasteiger partial charge in [0.1, 0.15) is 0 Å². The van der Waals surface area contributed by atoms with Gasteiger partial charge in [0.2, 0.25) is 0 Å². The van der Waals surface area contributed by atoms with Gasteiger partial charge in [0.25, 0.3) is 11.8 Å². The Morgan fingerprint density at radius 1 is 0.875 bits per heavy atom. The minimum Gasteiger partial charge on any atom is -0.455 e. The molecular formula is C25H24N2O4S. The van der Waals surface area contributed by atoms with Crippen LogP contribution in [0.4, 0.5) is 5.69 Å². The van der Waals surface area contributed by atoms with E-state index < -0.39 is 24.5 Å². The summed E-state index contributed by atoms with van der Waals surface area (Å²) >= 11 is 1.60. The lowest BCUT2D eigenvalue weighted by molar-refractivity contribution is -0.147. The highest BCUT2D eigenvalue weighted by atomic mass is 32.2. The van der Waals surface area contributed by atoms with Crippen molar-refractivity contribution in [1.82, 2.24) is 5.32 Å². The Morgan fingerprint density at radius 3 is 2.12 bits per heavy atom. The Labute approximate surface area is 191 Å². The first-order valence-electron chi connectivity index (χ1n) is 10.1. The molecule has 0 aliphatic rings. The SMILES string of the molecule is CSc1ccc(NC(=O)COC(=O)CC(NC(=O)c2ccccc2)c2ccccc2)cc1. The number of benzene rings is 3. The van der Waals surface area contributed by atoms with Crippen molar-refractivity contribution in [2.24, 2.45) is 0 Å². The summed E-state index contributed by atoms with van der Waals surface area (Å²) in [5, 5.41) is 5.57. The Kier molecular flexibility index (Phi) is 8.45. The van der Waals surface area contributed by atoms with Crippen LogP contribution in [0, 0.1) is 0 Å². The van der Waals surface area contributed by atoms with Crippen LogP contribution in [0.2, 0.25) is 0 Å². The van der Waals surface area contributed by atoms with Crippen LogP contribution in [0.1, 0.15) is 28.4 Å². The second-order valence-corrected chi connectivity index (χ2v) is 7.82. The number of nitrogens with one attached hydrogen (secondary N) is 2. The van der Waals surface area contributed by atoms with Crippen molar-refractivity contribution in [1.29, 1.82) is 0 Å². The maximum atomic E-state index is 12.6. The highest BCUT2D eigenvalue weighted by Crippen LogP contribution is 2.19. The van der Waals surface area contributed by atoms with Crippen LogP contribution in [-0.2, 0) is 14.3 Å². The van der Waals surface area contributed by atoms with Crippen LogP contribution in [0.25, 0.3) is 0 Å². The molecule has 0 saturated heterocycles. The first kappa shape index (κ1) is 23.1. The smallest absolute Gasteiger partial charge is 0.308 e. The predicted octanol–water partition coefficient (Wildman–Crippen LogP) is 4.45. The Hall–Kier alpha value is -3.58. The average molecular weight is 449 g/mol. The van der Waals surface area contributed by atoms with Crippen molar-refractivity contribution in [2.75, 3.05) is 18.2 Å². The molecule has 0 aromatic heterocycles. The van der Waals surface area contributed by atoms with Crippen molar-refractivity contribution in [3.05, 3.63) is 96.1 Å². The number of carbonyl (C=O) groups excluding carboxylic acids is 3. The largest absolute Gasteiger partial charge is 0.455 e. The Bertz CT molecular complexity index is 1040. The van der Waals surface area contributed by atoms with E-state index in [1.54, 1.807) is 48.2 Å². The molecule has 0 saturated carbocycles. The summed E-state index contributed by atoms with van der Waals surface area (Å²) in [7, 11) is 0. The molecule has 3 aromatic rings. The topological polar surface area (TPSA) is 84.5 Å². The van der Waals surface area contributed by atoms with E-state index in [1.165, 1.54) is 0 Å². The molecule has 0 heterocycles. The van der Waals surface area contributed by atoms with Crippen molar-refractivity contribution in [2.45, 2.75) is 17.4 Å². The van der Waals surface area contributed by atoms with Crippen LogP contribution in [0.5, 0.6) is 0 Å². The van der Waals surface area contributed by atoms with E-state index in [1.807, 2.05) is 54.8 Å². The summed E-state index contributed by atoms with van der Waals surface area (Å²) in [5.41, 5.74) is 1.89. The molecule has 0 fully saturated rings. The zero-order valence-electron chi connectivity index (χ0n) is 17.6. The zero-order chi connectivity index (χ0) is 22.8. The summed E-state index contributed by atoms with van der Waals surface area (Å²) in [4.78, 5) is 38.2. The third kappa shape index (κ3) is 6.99. The lowest BCUT2D eigenvalue weighted by Gasteiger charge is -2.19. The van der Waals surface area contributed by atoms with Crippen molar-refractivity contribution in [3.8, 4) is 0 Å². The van der Waals surface area contributed by atoms with Gasteiger partial charge in [-0.15, -0.1) is 11.8 Å². The monoisotopic (exact) mass is 448 g/mol. The van der Waals surface area contributed by atoms with E-state index in [0.29, 0.717) is 11.3 Å². The molecule has 2 N–H and O–H groups in total. The molecule has 2 amide bonds. The van der Waals surface area contributed by atoms with Crippen LogP contribution < -0.4 is 10.6 Å². The molecule has 3 rings (SSSR count). The van der Waals surface area contributed by atoms with Crippen LogP contribution >= 0.6 is 11.8 Å². The van der Waals surface area contributed by atoms with Crippen molar-refractivity contribution >= 4 is 35.2 Å². The van der Waals surface area contributed by atoms with Crippen molar-refractivity contribution < 1.29 is 19.1 Å². The minimum atomic E-state index is -0.585. The number of ether oxygens (including phenoxy) is 1. The first-order valence-corrected chi connectivity index (χ1v) is 11.3. The number of amides is 2. The molecule has 32 heavy (non-hydrogen) atoms. The van der Waals surface area contributed by atoms with Gasteiger partial charge in [-0.1, -0.05) is 48.5 Å². The summed E-state index contributed by atoms with van der Waals surface area (Å²) in [6.45, 7) is -0.406. The van der Waals surface area contributed by atoms with E-state index in [9.17, 15) is 14.4 Å². The lowest BCUT2D eigenvalue weighted by atomic mass is 10.0. The lowest BCUT2D eigenvalue weighted by Crippen LogP contribution is -2.31. The second-order valence-electron chi connectivity index (χ2n) is 6.94. The minimum absolute atomic E-state index is 0.0989. The summed E-state index contributed by atoms with van der Waals surface area (Å²) in [6, 6.07) is 24.7. The number of esters is 1. The van der Waals surface area contributed by atoms with E-state index in [0.717, 1.165) is 10.5 Å². The Balaban J connectivity index is 1.57. The summed E-state index contributed by atoms with van der Waals surface area (Å²) in [5.74, 6) is -1.31. The normalized spacial score (nSPS) is 11.3. The molecule has 0 radical (unpaired) electrons. The molecule has 0 aliphatic carbocycles. The van der Waals surface area contributed by atoms with Gasteiger partial charge in [0.05, 0.1) is 12.5 Å². The summed E-state index contributed by atoms with van der Waals surface area (Å²) in [6.07, 6.45) is 1.87. The molecule has 7 heteroatoms. The average Bonchev–Trinajstić information content (AvgIpc) is 2.84. The third-order valence-corrected chi connectivity index (χ3v) is 5.40. The highest BCUT2D eigenvalue weighted by molar-refractivity contribution is 7.98. The maximum Gasteiger partial charge on any atom is 0.308 e. The number of rotatable bonds is 9. The van der Waals surface area contributed by atoms with Gasteiger partial charge >= 0.3 is 5.97 Å². The molecule has 1 unspecified atom stereocenters. The number of carbonyl (C=O) groups is 3. The van der Waals surface area contributed by atoms with E-state index >= 15 is 0 Å². The first-order chi connectivity index (χ1) is 15.5. The highest BCUT2D eigenvalue weighted by Gasteiger charge is 2.20. The third-order valence-electron chi connectivity index (χ3n) is 4.65. The molecule has 0 aliphatic heterocycles. The van der Waals surface area contributed by atoms with Gasteiger partial charge in [-0.2, -0.15) is 0 Å². The van der Waals surface area contributed by atoms with Gasteiger partial charge in [-0.05, 0) is 48.2 Å². The maximum absolute atomic E-state index is 12.6. The van der Waals surface area contributed by atoms with E-state index in [-0.39, 0.29) is 12.3 Å². The standard InChI is InChI=1S/C25H24N2O4S/c1-32-21-14-12-20(13-15-21)26-23(28)17-31-24(29)16-22(18-8-4-2-5-9-18)27-25(30)19-10-6-3-7-11-19/h2-15,22H,16-17H2,1H3,(H,26,28)(H,27,30). The molecular weight excluding hydrogens is 424 g/mol. The number of thioether (sulfide) groups is 1. The van der Waals surface area contributed by atoms with Crippen molar-refractivity contribution in [3.63, 3.8) is 0 Å². The number of hydrogen-bond acceptors (Lipinski definition) is 5. The van der Waals surface area contributed by atoms with Gasteiger partial charge in [0, 0.05) is 16.1 Å². The fraction of sp³-hybridized carbons (Fsp3) is 0.160. The van der Waals surface area contributed by atoms with Gasteiger partial charge in [0.15, 0.2) is 6.61 Å². The molecule has 3 aromatic carbocycles.